The molecule has 1 aliphatic heterocycles. The Bertz CT molecular complexity index is 667. The van der Waals surface area contributed by atoms with Crippen molar-refractivity contribution in [1.29, 1.82) is 0 Å². The van der Waals surface area contributed by atoms with Crippen LogP contribution in [-0.4, -0.2) is 73.9 Å². The van der Waals surface area contributed by atoms with Crippen molar-refractivity contribution in [3.05, 3.63) is 24.3 Å². The molecule has 8 heteroatoms. The summed E-state index contributed by atoms with van der Waals surface area (Å²) in [6.45, 7) is 8.08. The summed E-state index contributed by atoms with van der Waals surface area (Å²) in [5.74, 6) is -0.118. The molecule has 0 atom stereocenters. The van der Waals surface area contributed by atoms with E-state index in [9.17, 15) is 14.4 Å². The maximum atomic E-state index is 12.1. The normalized spacial score (nSPS) is 14.6. The molecule has 1 aromatic rings. The summed E-state index contributed by atoms with van der Waals surface area (Å²) in [7, 11) is 1.56. The quantitative estimate of drug-likeness (QED) is 0.676. The molecule has 1 aromatic carbocycles. The highest BCUT2D eigenvalue weighted by Crippen LogP contribution is 2.14. The van der Waals surface area contributed by atoms with Crippen molar-refractivity contribution in [2.45, 2.75) is 20.3 Å². The van der Waals surface area contributed by atoms with Crippen LogP contribution in [0.4, 0.5) is 5.69 Å². The lowest BCUT2D eigenvalue weighted by molar-refractivity contribution is -0.136. The highest BCUT2D eigenvalue weighted by Gasteiger charge is 2.21. The lowest BCUT2D eigenvalue weighted by Crippen LogP contribution is -2.50. The minimum Gasteiger partial charge on any atom is -0.497 e. The summed E-state index contributed by atoms with van der Waals surface area (Å²) >= 11 is 0. The second kappa shape index (κ2) is 10.7. The maximum absolute atomic E-state index is 12.1. The van der Waals surface area contributed by atoms with Crippen molar-refractivity contribution in [2.75, 3.05) is 51.7 Å². The molecule has 0 unspecified atom stereocenters. The third kappa shape index (κ3) is 6.84. The van der Waals surface area contributed by atoms with Crippen molar-refractivity contribution in [2.24, 2.45) is 5.92 Å². The number of carbonyl (C=O) groups is 3. The minimum atomic E-state index is -0.700. The summed E-state index contributed by atoms with van der Waals surface area (Å²) in [5.41, 5.74) is 0.531. The van der Waals surface area contributed by atoms with Gasteiger partial charge in [-0.3, -0.25) is 19.3 Å². The fourth-order valence-corrected chi connectivity index (χ4v) is 2.97. The van der Waals surface area contributed by atoms with Gasteiger partial charge in [-0.05, 0) is 30.2 Å². The topological polar surface area (TPSA) is 91.0 Å². The molecular formula is C20H30N4O4. The molecule has 154 valence electrons. The van der Waals surface area contributed by atoms with Crippen LogP contribution >= 0.6 is 0 Å². The first kappa shape index (κ1) is 21.7. The number of rotatable bonds is 7. The van der Waals surface area contributed by atoms with Crippen LogP contribution < -0.4 is 15.4 Å². The fraction of sp³-hybridized carbons (Fsp3) is 0.550. The van der Waals surface area contributed by atoms with E-state index in [2.05, 4.69) is 15.5 Å². The Labute approximate surface area is 166 Å². The summed E-state index contributed by atoms with van der Waals surface area (Å²) in [4.78, 5) is 40.0. The number of amides is 3. The average Bonchev–Trinajstić information content (AvgIpc) is 2.68. The molecule has 0 aromatic heterocycles. The van der Waals surface area contributed by atoms with Gasteiger partial charge in [0.1, 0.15) is 5.75 Å². The third-order valence-corrected chi connectivity index (χ3v) is 4.58. The number of hydrogen-bond acceptors (Lipinski definition) is 5. The molecule has 1 aliphatic rings. The Morgan fingerprint density at radius 3 is 2.25 bits per heavy atom. The van der Waals surface area contributed by atoms with Crippen LogP contribution in [0, 0.1) is 5.92 Å². The number of hydrogen-bond donors (Lipinski definition) is 2. The lowest BCUT2D eigenvalue weighted by atomic mass is 10.1. The second-order valence-corrected chi connectivity index (χ2v) is 7.26. The summed E-state index contributed by atoms with van der Waals surface area (Å²) < 4.78 is 5.05. The number of carbonyl (C=O) groups excluding carboxylic acids is 3. The van der Waals surface area contributed by atoms with Gasteiger partial charge in [-0.2, -0.15) is 0 Å². The first-order chi connectivity index (χ1) is 13.4. The summed E-state index contributed by atoms with van der Waals surface area (Å²) in [5, 5.41) is 5.19. The van der Waals surface area contributed by atoms with Gasteiger partial charge in [0.2, 0.25) is 5.91 Å². The summed E-state index contributed by atoms with van der Waals surface area (Å²) in [6.07, 6.45) is 0.583. The van der Waals surface area contributed by atoms with Crippen LogP contribution in [0.15, 0.2) is 24.3 Å². The van der Waals surface area contributed by atoms with E-state index in [0.29, 0.717) is 50.0 Å². The van der Waals surface area contributed by atoms with E-state index in [4.69, 9.17) is 4.74 Å². The van der Waals surface area contributed by atoms with Gasteiger partial charge >= 0.3 is 11.8 Å². The van der Waals surface area contributed by atoms with Gasteiger partial charge in [0.25, 0.3) is 0 Å². The molecule has 1 fully saturated rings. The number of nitrogens with one attached hydrogen (secondary N) is 2. The molecule has 28 heavy (non-hydrogen) atoms. The molecule has 0 spiro atoms. The lowest BCUT2D eigenvalue weighted by Gasteiger charge is -2.35. The molecule has 3 amide bonds. The van der Waals surface area contributed by atoms with Crippen LogP contribution in [0.5, 0.6) is 5.75 Å². The van der Waals surface area contributed by atoms with Crippen molar-refractivity contribution < 1.29 is 19.1 Å². The molecule has 0 saturated carbocycles. The molecule has 0 radical (unpaired) electrons. The zero-order chi connectivity index (χ0) is 20.5. The van der Waals surface area contributed by atoms with E-state index in [-0.39, 0.29) is 5.91 Å². The smallest absolute Gasteiger partial charge is 0.313 e. The Morgan fingerprint density at radius 2 is 1.68 bits per heavy atom. The van der Waals surface area contributed by atoms with Crippen LogP contribution in [-0.2, 0) is 14.4 Å². The zero-order valence-electron chi connectivity index (χ0n) is 16.9. The Balaban J connectivity index is 1.65. The highest BCUT2D eigenvalue weighted by molar-refractivity contribution is 6.39. The molecule has 2 rings (SSSR count). The van der Waals surface area contributed by atoms with E-state index in [1.807, 2.05) is 18.7 Å². The number of methoxy groups -OCH3 is 1. The molecule has 0 aliphatic carbocycles. The van der Waals surface area contributed by atoms with Crippen molar-refractivity contribution in [1.82, 2.24) is 15.1 Å². The monoisotopic (exact) mass is 390 g/mol. The number of benzene rings is 1. The molecule has 8 nitrogen and oxygen atoms in total. The van der Waals surface area contributed by atoms with Crippen molar-refractivity contribution in [3.63, 3.8) is 0 Å². The van der Waals surface area contributed by atoms with Gasteiger partial charge in [-0.1, -0.05) is 13.8 Å². The number of ether oxygens (including phenoxy) is 1. The van der Waals surface area contributed by atoms with Gasteiger partial charge in [-0.15, -0.1) is 0 Å². The second-order valence-electron chi connectivity index (χ2n) is 7.26. The Morgan fingerprint density at radius 1 is 1.04 bits per heavy atom. The highest BCUT2D eigenvalue weighted by atomic mass is 16.5. The molecular weight excluding hydrogens is 360 g/mol. The standard InChI is InChI=1S/C20H30N4O4/c1-15(2)14-18(25)24-12-10-23(11-13-24)9-8-21-19(26)20(27)22-16-4-6-17(28-3)7-5-16/h4-7,15H,8-14H2,1-3H3,(H,21,26)(H,22,27). The number of anilines is 1. The van der Waals surface area contributed by atoms with Gasteiger partial charge in [0.15, 0.2) is 0 Å². The first-order valence-electron chi connectivity index (χ1n) is 9.62. The fourth-order valence-electron chi connectivity index (χ4n) is 2.97. The molecule has 1 heterocycles. The SMILES string of the molecule is COc1ccc(NC(=O)C(=O)NCCN2CCN(C(=O)CC(C)C)CC2)cc1. The van der Waals surface area contributed by atoms with Crippen molar-refractivity contribution in [3.8, 4) is 5.75 Å². The maximum Gasteiger partial charge on any atom is 0.313 e. The third-order valence-electron chi connectivity index (χ3n) is 4.58. The van der Waals surface area contributed by atoms with Gasteiger partial charge in [-0.25, -0.2) is 0 Å². The first-order valence-corrected chi connectivity index (χ1v) is 9.62. The van der Waals surface area contributed by atoms with Gasteiger partial charge in [0, 0.05) is 51.4 Å². The summed E-state index contributed by atoms with van der Waals surface area (Å²) in [6, 6.07) is 6.76. The largest absolute Gasteiger partial charge is 0.497 e. The Hall–Kier alpha value is -2.61. The average molecular weight is 390 g/mol. The Kier molecular flexibility index (Phi) is 8.25. The number of piperazine rings is 1. The predicted octanol–water partition coefficient (Wildman–Crippen LogP) is 0.940. The molecule has 0 bridgehead atoms. The van der Waals surface area contributed by atoms with Crippen LogP contribution in [0.1, 0.15) is 20.3 Å². The molecule has 2 N–H and O–H groups in total. The van der Waals surface area contributed by atoms with Crippen molar-refractivity contribution >= 4 is 23.4 Å². The van der Waals surface area contributed by atoms with E-state index in [1.165, 1.54) is 0 Å². The van der Waals surface area contributed by atoms with E-state index < -0.39 is 11.8 Å². The zero-order valence-corrected chi connectivity index (χ0v) is 16.9. The minimum absolute atomic E-state index is 0.207. The van der Waals surface area contributed by atoms with E-state index in [1.54, 1.807) is 31.4 Å². The van der Waals surface area contributed by atoms with Crippen LogP contribution in [0.2, 0.25) is 0 Å². The van der Waals surface area contributed by atoms with Crippen LogP contribution in [0.3, 0.4) is 0 Å². The van der Waals surface area contributed by atoms with Gasteiger partial charge < -0.3 is 20.3 Å². The number of nitrogens with zero attached hydrogens (tertiary/aromatic N) is 2. The molecule has 1 saturated heterocycles. The predicted molar refractivity (Wildman–Crippen MR) is 107 cm³/mol. The van der Waals surface area contributed by atoms with E-state index >= 15 is 0 Å². The van der Waals surface area contributed by atoms with Crippen LogP contribution in [0.25, 0.3) is 0 Å². The van der Waals surface area contributed by atoms with E-state index in [0.717, 1.165) is 13.1 Å². The van der Waals surface area contributed by atoms with Gasteiger partial charge in [0.05, 0.1) is 7.11 Å².